The molecule has 0 amide bonds. The molecule has 1 saturated carbocycles. The minimum Gasteiger partial charge on any atom is -0.380 e. The Kier molecular flexibility index (Phi) is 5.88. The first-order valence-corrected chi connectivity index (χ1v) is 8.61. The number of piperazine rings is 1. The molecule has 2 atom stereocenters. The maximum absolute atomic E-state index is 5.84. The zero-order valence-electron chi connectivity index (χ0n) is 14.0. The summed E-state index contributed by atoms with van der Waals surface area (Å²) in [7, 11) is 0. The Morgan fingerprint density at radius 2 is 2.05 bits per heavy atom. The van der Waals surface area contributed by atoms with Gasteiger partial charge in [0.2, 0.25) is 0 Å². The second-order valence-electron chi connectivity index (χ2n) is 7.47. The van der Waals surface area contributed by atoms with E-state index in [9.17, 15) is 0 Å². The normalized spacial score (nSPS) is 31.9. The van der Waals surface area contributed by atoms with Crippen molar-refractivity contribution in [3.63, 3.8) is 0 Å². The SMILES string of the molecule is CCC1(C)CN(CCOCCC(C)C)C(C2CC2)CN1. The van der Waals surface area contributed by atoms with E-state index in [-0.39, 0.29) is 0 Å². The molecule has 1 aliphatic heterocycles. The fourth-order valence-corrected chi connectivity index (χ4v) is 3.13. The minimum absolute atomic E-state index is 0.295. The lowest BCUT2D eigenvalue weighted by molar-refractivity contribution is 0.0343. The van der Waals surface area contributed by atoms with Gasteiger partial charge in [-0.3, -0.25) is 4.90 Å². The van der Waals surface area contributed by atoms with Gasteiger partial charge in [0.1, 0.15) is 0 Å². The molecular formula is C17H34N2O. The van der Waals surface area contributed by atoms with Crippen molar-refractivity contribution in [1.29, 1.82) is 0 Å². The van der Waals surface area contributed by atoms with Crippen LogP contribution in [0.5, 0.6) is 0 Å². The molecule has 0 radical (unpaired) electrons. The zero-order chi connectivity index (χ0) is 14.6. The van der Waals surface area contributed by atoms with Gasteiger partial charge in [-0.2, -0.15) is 0 Å². The molecule has 1 N–H and O–H groups in total. The molecule has 118 valence electrons. The molecule has 0 spiro atoms. The predicted molar refractivity (Wildman–Crippen MR) is 85.1 cm³/mol. The third kappa shape index (κ3) is 4.71. The standard InChI is InChI=1S/C17H34N2O/c1-5-17(4)13-19(9-11-20-10-8-14(2)3)16(12-18-17)15-6-7-15/h14-16,18H,5-13H2,1-4H3. The fraction of sp³-hybridized carbons (Fsp3) is 1.00. The van der Waals surface area contributed by atoms with E-state index in [1.807, 2.05) is 0 Å². The van der Waals surface area contributed by atoms with Gasteiger partial charge in [-0.25, -0.2) is 0 Å². The van der Waals surface area contributed by atoms with Crippen LogP contribution in [0, 0.1) is 11.8 Å². The van der Waals surface area contributed by atoms with E-state index in [0.29, 0.717) is 5.54 Å². The first-order chi connectivity index (χ1) is 9.54. The molecule has 3 heteroatoms. The Morgan fingerprint density at radius 1 is 1.30 bits per heavy atom. The summed E-state index contributed by atoms with van der Waals surface area (Å²) in [5.74, 6) is 1.69. The molecule has 2 fully saturated rings. The number of hydrogen-bond donors (Lipinski definition) is 1. The highest BCUT2D eigenvalue weighted by molar-refractivity contribution is 4.99. The molecule has 1 saturated heterocycles. The quantitative estimate of drug-likeness (QED) is 0.693. The van der Waals surface area contributed by atoms with Crippen LogP contribution in [-0.2, 0) is 4.74 Å². The summed E-state index contributed by atoms with van der Waals surface area (Å²) in [6.45, 7) is 14.4. The lowest BCUT2D eigenvalue weighted by Crippen LogP contribution is -2.63. The maximum Gasteiger partial charge on any atom is 0.0593 e. The monoisotopic (exact) mass is 282 g/mol. The van der Waals surface area contributed by atoms with Crippen LogP contribution in [0.15, 0.2) is 0 Å². The van der Waals surface area contributed by atoms with Gasteiger partial charge in [-0.15, -0.1) is 0 Å². The molecule has 0 aromatic rings. The van der Waals surface area contributed by atoms with E-state index in [2.05, 4.69) is 37.9 Å². The second-order valence-corrected chi connectivity index (χ2v) is 7.47. The first kappa shape index (κ1) is 16.3. The maximum atomic E-state index is 5.84. The molecule has 1 heterocycles. The fourth-order valence-electron chi connectivity index (χ4n) is 3.13. The number of nitrogens with zero attached hydrogens (tertiary/aromatic N) is 1. The van der Waals surface area contributed by atoms with Gasteiger partial charge in [-0.05, 0) is 44.4 Å². The Labute approximate surface area is 125 Å². The van der Waals surface area contributed by atoms with E-state index in [0.717, 1.165) is 37.6 Å². The van der Waals surface area contributed by atoms with Crippen molar-refractivity contribution in [3.05, 3.63) is 0 Å². The summed E-state index contributed by atoms with van der Waals surface area (Å²) in [6, 6.07) is 0.753. The summed E-state index contributed by atoms with van der Waals surface area (Å²) >= 11 is 0. The number of hydrogen-bond acceptors (Lipinski definition) is 3. The summed E-state index contributed by atoms with van der Waals surface area (Å²) in [4.78, 5) is 2.70. The molecule has 0 bridgehead atoms. The van der Waals surface area contributed by atoms with Crippen molar-refractivity contribution in [2.75, 3.05) is 32.8 Å². The second kappa shape index (κ2) is 7.24. The Morgan fingerprint density at radius 3 is 2.65 bits per heavy atom. The number of nitrogens with one attached hydrogen (secondary N) is 1. The van der Waals surface area contributed by atoms with Crippen LogP contribution in [0.3, 0.4) is 0 Å². The van der Waals surface area contributed by atoms with Crippen molar-refractivity contribution >= 4 is 0 Å². The predicted octanol–water partition coefficient (Wildman–Crippen LogP) is 2.90. The van der Waals surface area contributed by atoms with Crippen LogP contribution in [-0.4, -0.2) is 49.3 Å². The van der Waals surface area contributed by atoms with Crippen molar-refractivity contribution in [2.45, 2.75) is 65.0 Å². The van der Waals surface area contributed by atoms with Gasteiger partial charge in [-0.1, -0.05) is 20.8 Å². The Hall–Kier alpha value is -0.120. The highest BCUT2D eigenvalue weighted by Gasteiger charge is 2.41. The molecule has 2 rings (SSSR count). The number of rotatable bonds is 8. The van der Waals surface area contributed by atoms with Gasteiger partial charge in [0.05, 0.1) is 6.61 Å². The summed E-state index contributed by atoms with van der Waals surface area (Å²) in [6.07, 6.45) is 5.25. The van der Waals surface area contributed by atoms with Crippen molar-refractivity contribution in [3.8, 4) is 0 Å². The van der Waals surface area contributed by atoms with E-state index in [1.165, 1.54) is 38.8 Å². The van der Waals surface area contributed by atoms with Crippen molar-refractivity contribution in [2.24, 2.45) is 11.8 Å². The van der Waals surface area contributed by atoms with Crippen LogP contribution in [0.1, 0.15) is 53.4 Å². The highest BCUT2D eigenvalue weighted by Crippen LogP contribution is 2.37. The summed E-state index contributed by atoms with van der Waals surface area (Å²) in [5, 5.41) is 3.78. The Bertz CT molecular complexity index is 291. The van der Waals surface area contributed by atoms with Crippen LogP contribution in [0.2, 0.25) is 0 Å². The minimum atomic E-state index is 0.295. The van der Waals surface area contributed by atoms with Crippen LogP contribution >= 0.6 is 0 Å². The third-order valence-corrected chi connectivity index (χ3v) is 5.07. The molecule has 2 aliphatic rings. The zero-order valence-corrected chi connectivity index (χ0v) is 14.0. The molecule has 20 heavy (non-hydrogen) atoms. The van der Waals surface area contributed by atoms with Gasteiger partial charge >= 0.3 is 0 Å². The molecule has 0 aromatic heterocycles. The molecule has 3 nitrogen and oxygen atoms in total. The van der Waals surface area contributed by atoms with E-state index in [4.69, 9.17) is 4.74 Å². The van der Waals surface area contributed by atoms with Gasteiger partial charge < -0.3 is 10.1 Å². The Balaban J connectivity index is 1.75. The summed E-state index contributed by atoms with van der Waals surface area (Å²) in [5.41, 5.74) is 0.295. The van der Waals surface area contributed by atoms with E-state index < -0.39 is 0 Å². The third-order valence-electron chi connectivity index (χ3n) is 5.07. The van der Waals surface area contributed by atoms with Crippen molar-refractivity contribution in [1.82, 2.24) is 10.2 Å². The lowest BCUT2D eigenvalue weighted by atomic mass is 9.92. The van der Waals surface area contributed by atoms with Gasteiger partial charge in [0.25, 0.3) is 0 Å². The lowest BCUT2D eigenvalue weighted by Gasteiger charge is -2.46. The molecular weight excluding hydrogens is 248 g/mol. The topological polar surface area (TPSA) is 24.5 Å². The summed E-state index contributed by atoms with van der Waals surface area (Å²) < 4.78 is 5.84. The van der Waals surface area contributed by atoms with Crippen molar-refractivity contribution < 1.29 is 4.74 Å². The van der Waals surface area contributed by atoms with E-state index >= 15 is 0 Å². The van der Waals surface area contributed by atoms with Gasteiger partial charge in [0, 0.05) is 37.8 Å². The molecule has 1 aliphatic carbocycles. The average Bonchev–Trinajstić information content (AvgIpc) is 3.23. The molecule has 2 unspecified atom stereocenters. The highest BCUT2D eigenvalue weighted by atomic mass is 16.5. The van der Waals surface area contributed by atoms with E-state index in [1.54, 1.807) is 0 Å². The molecule has 0 aromatic carbocycles. The van der Waals surface area contributed by atoms with Crippen LogP contribution in [0.25, 0.3) is 0 Å². The first-order valence-electron chi connectivity index (χ1n) is 8.61. The van der Waals surface area contributed by atoms with Gasteiger partial charge in [0.15, 0.2) is 0 Å². The number of ether oxygens (including phenoxy) is 1. The van der Waals surface area contributed by atoms with Crippen LogP contribution in [0.4, 0.5) is 0 Å². The average molecular weight is 282 g/mol. The largest absolute Gasteiger partial charge is 0.380 e. The smallest absolute Gasteiger partial charge is 0.0593 e. The van der Waals surface area contributed by atoms with Crippen LogP contribution < -0.4 is 5.32 Å².